The number of amides is 1. The lowest BCUT2D eigenvalue weighted by molar-refractivity contribution is 0.0763. The summed E-state index contributed by atoms with van der Waals surface area (Å²) < 4.78 is 6.11. The number of pyridine rings is 2. The fraction of sp³-hybridized carbons (Fsp3) is 0.320. The van der Waals surface area contributed by atoms with E-state index in [4.69, 9.17) is 4.74 Å². The molecule has 8 heteroatoms. The summed E-state index contributed by atoms with van der Waals surface area (Å²) in [6.45, 7) is 7.11. The molecule has 0 saturated carbocycles. The lowest BCUT2D eigenvalue weighted by Crippen LogP contribution is -2.52. The van der Waals surface area contributed by atoms with Gasteiger partial charge in [-0.05, 0) is 75.7 Å². The maximum absolute atomic E-state index is 11.9. The summed E-state index contributed by atoms with van der Waals surface area (Å²) in [5, 5.41) is 13.0. The Balaban J connectivity index is 1.46. The van der Waals surface area contributed by atoms with Crippen LogP contribution in [0.3, 0.4) is 0 Å². The SMILES string of the molecule is CC(C)(C)N(C(=O)O)[C@@H]1CCN(c2cccnc2Oc2ccc(Nc3ccccn3)cc2)C1. The minimum Gasteiger partial charge on any atom is -0.465 e. The van der Waals surface area contributed by atoms with E-state index in [0.29, 0.717) is 18.2 Å². The Morgan fingerprint density at radius 2 is 1.85 bits per heavy atom. The van der Waals surface area contributed by atoms with Crippen LogP contribution < -0.4 is 15.0 Å². The topological polar surface area (TPSA) is 90.8 Å². The normalized spacial score (nSPS) is 15.8. The molecular formula is C25H29N5O3. The fourth-order valence-electron chi connectivity index (χ4n) is 4.17. The zero-order valence-corrected chi connectivity index (χ0v) is 19.1. The quantitative estimate of drug-likeness (QED) is 0.525. The molecule has 2 aromatic heterocycles. The van der Waals surface area contributed by atoms with Crippen molar-refractivity contribution in [2.24, 2.45) is 0 Å². The second kappa shape index (κ2) is 9.36. The van der Waals surface area contributed by atoms with Gasteiger partial charge in [0.05, 0.1) is 6.04 Å². The summed E-state index contributed by atoms with van der Waals surface area (Å²) in [4.78, 5) is 24.3. The zero-order valence-electron chi connectivity index (χ0n) is 19.1. The molecule has 172 valence electrons. The molecule has 3 heterocycles. The average Bonchev–Trinajstić information content (AvgIpc) is 3.24. The summed E-state index contributed by atoms with van der Waals surface area (Å²) >= 11 is 0. The Bertz CT molecular complexity index is 1080. The zero-order chi connectivity index (χ0) is 23.4. The lowest BCUT2D eigenvalue weighted by atomic mass is 10.0. The van der Waals surface area contributed by atoms with Gasteiger partial charge in [-0.25, -0.2) is 14.8 Å². The van der Waals surface area contributed by atoms with Crippen LogP contribution in [0.15, 0.2) is 67.0 Å². The first-order valence-corrected chi connectivity index (χ1v) is 11.0. The first-order chi connectivity index (χ1) is 15.8. The Morgan fingerprint density at radius 1 is 1.09 bits per heavy atom. The molecule has 1 aromatic carbocycles. The van der Waals surface area contributed by atoms with Crippen molar-refractivity contribution < 1.29 is 14.6 Å². The molecule has 0 unspecified atom stereocenters. The summed E-state index contributed by atoms with van der Waals surface area (Å²) in [5.74, 6) is 1.94. The van der Waals surface area contributed by atoms with E-state index in [2.05, 4.69) is 20.2 Å². The van der Waals surface area contributed by atoms with E-state index >= 15 is 0 Å². The third-order valence-corrected chi connectivity index (χ3v) is 5.56. The third-order valence-electron chi connectivity index (χ3n) is 5.56. The number of carboxylic acid groups (broad SMARTS) is 1. The van der Waals surface area contributed by atoms with Gasteiger partial charge in [-0.15, -0.1) is 0 Å². The molecule has 0 aliphatic carbocycles. The van der Waals surface area contributed by atoms with Gasteiger partial charge in [0.1, 0.15) is 17.3 Å². The second-order valence-corrected chi connectivity index (χ2v) is 9.01. The van der Waals surface area contributed by atoms with Crippen LogP contribution in [0.5, 0.6) is 11.6 Å². The summed E-state index contributed by atoms with van der Waals surface area (Å²) in [5.41, 5.74) is 1.29. The highest BCUT2D eigenvalue weighted by Crippen LogP contribution is 2.34. The number of carbonyl (C=O) groups is 1. The number of hydrogen-bond donors (Lipinski definition) is 2. The second-order valence-electron chi connectivity index (χ2n) is 9.01. The number of benzene rings is 1. The molecule has 1 atom stereocenters. The van der Waals surface area contributed by atoms with Crippen LogP contribution in [-0.2, 0) is 0 Å². The van der Waals surface area contributed by atoms with E-state index in [1.807, 2.05) is 75.4 Å². The predicted octanol–water partition coefficient (Wildman–Crippen LogP) is 5.37. The molecule has 1 aliphatic heterocycles. The lowest BCUT2D eigenvalue weighted by Gasteiger charge is -2.38. The number of ether oxygens (including phenoxy) is 1. The predicted molar refractivity (Wildman–Crippen MR) is 129 cm³/mol. The van der Waals surface area contributed by atoms with E-state index in [9.17, 15) is 9.90 Å². The Morgan fingerprint density at radius 3 is 2.52 bits per heavy atom. The third kappa shape index (κ3) is 5.34. The molecule has 33 heavy (non-hydrogen) atoms. The molecule has 0 radical (unpaired) electrons. The Hall–Kier alpha value is -3.81. The van der Waals surface area contributed by atoms with Gasteiger partial charge in [0.15, 0.2) is 0 Å². The Kier molecular flexibility index (Phi) is 6.35. The Labute approximate surface area is 193 Å². The molecule has 2 N–H and O–H groups in total. The molecular weight excluding hydrogens is 418 g/mol. The van der Waals surface area contributed by atoms with Gasteiger partial charge in [-0.2, -0.15) is 0 Å². The monoisotopic (exact) mass is 447 g/mol. The first-order valence-electron chi connectivity index (χ1n) is 11.0. The molecule has 8 nitrogen and oxygen atoms in total. The molecule has 1 aliphatic rings. The number of nitrogens with one attached hydrogen (secondary N) is 1. The highest BCUT2D eigenvalue weighted by atomic mass is 16.5. The average molecular weight is 448 g/mol. The van der Waals surface area contributed by atoms with Crippen molar-refractivity contribution >= 4 is 23.3 Å². The minimum absolute atomic E-state index is 0.0903. The van der Waals surface area contributed by atoms with Crippen molar-refractivity contribution in [2.45, 2.75) is 38.8 Å². The molecule has 1 fully saturated rings. The van der Waals surface area contributed by atoms with E-state index in [1.165, 1.54) is 0 Å². The van der Waals surface area contributed by atoms with Crippen molar-refractivity contribution in [1.82, 2.24) is 14.9 Å². The van der Waals surface area contributed by atoms with E-state index < -0.39 is 11.6 Å². The van der Waals surface area contributed by atoms with Gasteiger partial charge in [0, 0.05) is 36.7 Å². The standard InChI is InChI=1S/C25H29N5O3/c1-25(2,3)30(24(31)32)19-13-16-29(17-19)21-7-6-15-27-23(21)33-20-11-9-18(10-12-20)28-22-8-4-5-14-26-22/h4-12,14-15,19H,13,16-17H2,1-3H3,(H,26,28)(H,31,32)/t19-/m1/s1. The van der Waals surface area contributed by atoms with Crippen molar-refractivity contribution in [3.05, 3.63) is 67.0 Å². The molecule has 0 bridgehead atoms. The minimum atomic E-state index is -0.892. The van der Waals surface area contributed by atoms with Crippen molar-refractivity contribution in [2.75, 3.05) is 23.3 Å². The fourth-order valence-corrected chi connectivity index (χ4v) is 4.17. The largest absolute Gasteiger partial charge is 0.465 e. The van der Waals surface area contributed by atoms with E-state index in [-0.39, 0.29) is 6.04 Å². The van der Waals surface area contributed by atoms with Crippen molar-refractivity contribution in [1.29, 1.82) is 0 Å². The van der Waals surface area contributed by atoms with Crippen LogP contribution in [0.2, 0.25) is 0 Å². The van der Waals surface area contributed by atoms with Gasteiger partial charge < -0.3 is 20.1 Å². The molecule has 3 aromatic rings. The first kappa shape index (κ1) is 22.4. The molecule has 1 saturated heterocycles. The highest BCUT2D eigenvalue weighted by molar-refractivity contribution is 5.67. The number of rotatable bonds is 6. The molecule has 4 rings (SSSR count). The summed E-state index contributed by atoms with van der Waals surface area (Å²) in [6, 6.07) is 17.0. The van der Waals surface area contributed by atoms with Crippen LogP contribution in [-0.4, -0.2) is 50.7 Å². The van der Waals surface area contributed by atoms with Gasteiger partial charge in [-0.1, -0.05) is 6.07 Å². The van der Waals surface area contributed by atoms with Gasteiger partial charge in [0.2, 0.25) is 5.88 Å². The van der Waals surface area contributed by atoms with Crippen LogP contribution >= 0.6 is 0 Å². The number of aromatic nitrogens is 2. The number of nitrogens with zero attached hydrogens (tertiary/aromatic N) is 4. The van der Waals surface area contributed by atoms with Gasteiger partial charge in [-0.3, -0.25) is 4.90 Å². The van der Waals surface area contributed by atoms with Crippen LogP contribution in [0, 0.1) is 0 Å². The maximum Gasteiger partial charge on any atom is 0.408 e. The number of hydrogen-bond acceptors (Lipinski definition) is 6. The van der Waals surface area contributed by atoms with Crippen LogP contribution in [0.4, 0.5) is 22.0 Å². The van der Waals surface area contributed by atoms with Crippen LogP contribution in [0.25, 0.3) is 0 Å². The number of anilines is 3. The van der Waals surface area contributed by atoms with E-state index in [1.54, 1.807) is 17.3 Å². The molecule has 0 spiro atoms. The summed E-state index contributed by atoms with van der Waals surface area (Å²) in [6.07, 6.45) is 3.30. The molecule has 1 amide bonds. The van der Waals surface area contributed by atoms with Crippen molar-refractivity contribution in [3.63, 3.8) is 0 Å². The van der Waals surface area contributed by atoms with Crippen molar-refractivity contribution in [3.8, 4) is 11.6 Å². The van der Waals surface area contributed by atoms with Crippen LogP contribution in [0.1, 0.15) is 27.2 Å². The highest BCUT2D eigenvalue weighted by Gasteiger charge is 2.38. The summed E-state index contributed by atoms with van der Waals surface area (Å²) in [7, 11) is 0. The van der Waals surface area contributed by atoms with E-state index in [0.717, 1.165) is 30.2 Å². The maximum atomic E-state index is 11.9. The van der Waals surface area contributed by atoms with Gasteiger partial charge >= 0.3 is 6.09 Å². The van der Waals surface area contributed by atoms with Gasteiger partial charge in [0.25, 0.3) is 0 Å². The smallest absolute Gasteiger partial charge is 0.408 e.